The summed E-state index contributed by atoms with van der Waals surface area (Å²) in [5.74, 6) is -1.73. The van der Waals surface area contributed by atoms with E-state index in [4.69, 9.17) is 23.2 Å². The second-order valence-corrected chi connectivity index (χ2v) is 11.4. The molecule has 11 heteroatoms. The van der Waals surface area contributed by atoms with Crippen LogP contribution in [0.2, 0.25) is 10.0 Å². The minimum atomic E-state index is -3.99. The van der Waals surface area contributed by atoms with Crippen molar-refractivity contribution >= 4 is 50.7 Å². The Labute approximate surface area is 232 Å². The maximum absolute atomic E-state index is 13.9. The Morgan fingerprint density at radius 1 is 1.00 bits per heavy atom. The van der Waals surface area contributed by atoms with Crippen LogP contribution >= 0.6 is 23.2 Å². The van der Waals surface area contributed by atoms with Crippen LogP contribution in [-0.2, 0) is 32.6 Å². The van der Waals surface area contributed by atoms with Gasteiger partial charge in [-0.1, -0.05) is 65.7 Å². The van der Waals surface area contributed by atoms with Gasteiger partial charge in [0.2, 0.25) is 21.8 Å². The van der Waals surface area contributed by atoms with Crippen LogP contribution in [0.1, 0.15) is 18.1 Å². The summed E-state index contributed by atoms with van der Waals surface area (Å²) in [5, 5.41) is 3.45. The number of hydrogen-bond donors (Lipinski definition) is 1. The average molecular weight is 581 g/mol. The number of anilines is 1. The lowest BCUT2D eigenvalue weighted by Crippen LogP contribution is -2.53. The Balaban J connectivity index is 2.07. The number of benzene rings is 3. The van der Waals surface area contributed by atoms with Crippen LogP contribution in [0, 0.1) is 5.82 Å². The Morgan fingerprint density at radius 2 is 1.71 bits per heavy atom. The topological polar surface area (TPSA) is 86.8 Å². The Hall–Kier alpha value is -3.14. The van der Waals surface area contributed by atoms with Gasteiger partial charge >= 0.3 is 0 Å². The van der Waals surface area contributed by atoms with Gasteiger partial charge in [-0.2, -0.15) is 0 Å². The number of amides is 2. The van der Waals surface area contributed by atoms with Gasteiger partial charge in [0, 0.05) is 29.6 Å². The van der Waals surface area contributed by atoms with Crippen molar-refractivity contribution in [2.75, 3.05) is 23.7 Å². The first-order valence-corrected chi connectivity index (χ1v) is 14.4. The fourth-order valence-corrected chi connectivity index (χ4v) is 5.23. The zero-order valence-corrected chi connectivity index (χ0v) is 23.2. The van der Waals surface area contributed by atoms with Crippen molar-refractivity contribution in [3.63, 3.8) is 0 Å². The minimum absolute atomic E-state index is 0.0112. The van der Waals surface area contributed by atoms with E-state index in [9.17, 15) is 22.4 Å². The molecule has 0 aliphatic rings. The average Bonchev–Trinajstić information content (AvgIpc) is 2.85. The highest BCUT2D eigenvalue weighted by atomic mass is 35.5. The van der Waals surface area contributed by atoms with E-state index in [-0.39, 0.29) is 23.7 Å². The van der Waals surface area contributed by atoms with Crippen LogP contribution in [0.4, 0.5) is 10.1 Å². The third-order valence-corrected chi connectivity index (χ3v) is 7.48. The molecule has 1 N–H and O–H groups in total. The van der Waals surface area contributed by atoms with E-state index in [1.165, 1.54) is 29.2 Å². The molecule has 0 aromatic heterocycles. The molecule has 0 heterocycles. The first kappa shape index (κ1) is 29.4. The molecule has 1 atom stereocenters. The third-order valence-electron chi connectivity index (χ3n) is 5.75. The summed E-state index contributed by atoms with van der Waals surface area (Å²) in [5.41, 5.74) is 1.31. The van der Waals surface area contributed by atoms with Crippen molar-refractivity contribution in [1.29, 1.82) is 0 Å². The van der Waals surface area contributed by atoms with Crippen LogP contribution in [0.5, 0.6) is 0 Å². The monoisotopic (exact) mass is 579 g/mol. The van der Waals surface area contributed by atoms with E-state index in [2.05, 4.69) is 5.32 Å². The van der Waals surface area contributed by atoms with Gasteiger partial charge in [-0.3, -0.25) is 13.9 Å². The summed E-state index contributed by atoms with van der Waals surface area (Å²) in [4.78, 5) is 28.4. The molecule has 38 heavy (non-hydrogen) atoms. The van der Waals surface area contributed by atoms with Gasteiger partial charge in [-0.25, -0.2) is 12.8 Å². The lowest BCUT2D eigenvalue weighted by atomic mass is 10.0. The molecule has 0 fully saturated rings. The second-order valence-electron chi connectivity index (χ2n) is 8.61. The third kappa shape index (κ3) is 7.93. The fourth-order valence-electron chi connectivity index (χ4n) is 3.92. The van der Waals surface area contributed by atoms with E-state index in [0.717, 1.165) is 22.2 Å². The number of likely N-dealkylation sites (N-methyl/N-ethyl adjacent to an activating group) is 1. The van der Waals surface area contributed by atoms with Crippen LogP contribution in [0.25, 0.3) is 0 Å². The summed E-state index contributed by atoms with van der Waals surface area (Å²) >= 11 is 12.4. The van der Waals surface area contributed by atoms with Crippen molar-refractivity contribution in [2.45, 2.75) is 25.9 Å². The number of carbonyl (C=O) groups is 2. The summed E-state index contributed by atoms with van der Waals surface area (Å²) < 4.78 is 40.1. The van der Waals surface area contributed by atoms with Crippen LogP contribution in [0.15, 0.2) is 72.8 Å². The smallest absolute Gasteiger partial charge is 0.244 e. The van der Waals surface area contributed by atoms with Crippen molar-refractivity contribution in [3.8, 4) is 0 Å². The van der Waals surface area contributed by atoms with E-state index >= 15 is 0 Å². The Morgan fingerprint density at radius 3 is 2.32 bits per heavy atom. The molecule has 3 aromatic rings. The van der Waals surface area contributed by atoms with Gasteiger partial charge < -0.3 is 10.2 Å². The van der Waals surface area contributed by atoms with Crippen molar-refractivity contribution in [3.05, 3.63) is 99.8 Å². The van der Waals surface area contributed by atoms with E-state index in [1.54, 1.807) is 19.1 Å². The van der Waals surface area contributed by atoms with Crippen molar-refractivity contribution in [2.24, 2.45) is 0 Å². The number of halogens is 3. The predicted molar refractivity (Wildman–Crippen MR) is 148 cm³/mol. The molecule has 3 aromatic carbocycles. The van der Waals surface area contributed by atoms with Gasteiger partial charge in [0.05, 0.1) is 11.9 Å². The molecular formula is C27H28Cl2FN3O4S. The summed E-state index contributed by atoms with van der Waals surface area (Å²) in [6.45, 7) is 1.34. The number of carbonyl (C=O) groups excluding carboxylic acids is 2. The quantitative estimate of drug-likeness (QED) is 0.357. The highest BCUT2D eigenvalue weighted by Crippen LogP contribution is 2.25. The van der Waals surface area contributed by atoms with Crippen LogP contribution < -0.4 is 9.62 Å². The number of nitrogens with zero attached hydrogens (tertiary/aromatic N) is 2. The normalized spacial score (nSPS) is 12.0. The zero-order valence-electron chi connectivity index (χ0n) is 20.9. The zero-order chi connectivity index (χ0) is 27.9. The SMILES string of the molecule is CCNC(=O)[C@H](Cc1ccccc1)N(Cc1ccc(Cl)cc1Cl)C(=O)CN(c1cccc(F)c1)S(C)(=O)=O. The van der Waals surface area contributed by atoms with Gasteiger partial charge in [0.25, 0.3) is 0 Å². The summed E-state index contributed by atoms with van der Waals surface area (Å²) in [7, 11) is -3.99. The van der Waals surface area contributed by atoms with E-state index in [0.29, 0.717) is 17.1 Å². The molecule has 7 nitrogen and oxygen atoms in total. The lowest BCUT2D eigenvalue weighted by Gasteiger charge is -2.33. The highest BCUT2D eigenvalue weighted by Gasteiger charge is 2.33. The largest absolute Gasteiger partial charge is 0.355 e. The van der Waals surface area contributed by atoms with Crippen molar-refractivity contribution < 1.29 is 22.4 Å². The molecule has 0 unspecified atom stereocenters. The Kier molecular flexibility index (Phi) is 10.1. The lowest BCUT2D eigenvalue weighted by molar-refractivity contribution is -0.140. The van der Waals surface area contributed by atoms with Gasteiger partial charge in [0.1, 0.15) is 18.4 Å². The maximum atomic E-state index is 13.9. The molecule has 2 amide bonds. The van der Waals surface area contributed by atoms with Crippen LogP contribution in [0.3, 0.4) is 0 Å². The maximum Gasteiger partial charge on any atom is 0.244 e. The van der Waals surface area contributed by atoms with Gasteiger partial charge in [-0.15, -0.1) is 0 Å². The number of rotatable bonds is 11. The summed E-state index contributed by atoms with van der Waals surface area (Å²) in [6, 6.07) is 17.9. The molecule has 3 rings (SSSR count). The molecule has 0 aliphatic carbocycles. The summed E-state index contributed by atoms with van der Waals surface area (Å²) in [6.07, 6.45) is 1.10. The molecule has 0 aliphatic heterocycles. The first-order chi connectivity index (χ1) is 18.0. The Bertz CT molecular complexity index is 1390. The van der Waals surface area contributed by atoms with Crippen LogP contribution in [-0.4, -0.2) is 50.5 Å². The molecule has 0 saturated carbocycles. The standard InChI is InChI=1S/C27H28Cl2FN3O4S/c1-3-31-27(35)25(14-19-8-5-4-6-9-19)32(17-20-12-13-21(28)15-24(20)29)26(34)18-33(38(2,36)37)23-11-7-10-22(30)16-23/h4-13,15-16,25H,3,14,17-18H2,1-2H3,(H,31,35)/t25-/m0/s1. The second kappa shape index (κ2) is 13.1. The van der Waals surface area contributed by atoms with E-state index < -0.39 is 40.2 Å². The molecular weight excluding hydrogens is 552 g/mol. The van der Waals surface area contributed by atoms with Crippen molar-refractivity contribution in [1.82, 2.24) is 10.2 Å². The van der Waals surface area contributed by atoms with E-state index in [1.807, 2.05) is 30.3 Å². The minimum Gasteiger partial charge on any atom is -0.355 e. The van der Waals surface area contributed by atoms with Gasteiger partial charge in [0.15, 0.2) is 0 Å². The van der Waals surface area contributed by atoms with Gasteiger partial charge in [-0.05, 0) is 48.4 Å². The molecule has 0 saturated heterocycles. The predicted octanol–water partition coefficient (Wildman–Crippen LogP) is 4.67. The molecule has 202 valence electrons. The molecule has 0 spiro atoms. The fraction of sp³-hybridized carbons (Fsp3) is 0.259. The molecule has 0 radical (unpaired) electrons. The number of hydrogen-bond acceptors (Lipinski definition) is 4. The highest BCUT2D eigenvalue weighted by molar-refractivity contribution is 7.92. The number of nitrogens with one attached hydrogen (secondary N) is 1. The number of sulfonamides is 1. The molecule has 0 bridgehead atoms. The first-order valence-electron chi connectivity index (χ1n) is 11.8.